The van der Waals surface area contributed by atoms with Gasteiger partial charge in [0, 0.05) is 13.1 Å². The van der Waals surface area contributed by atoms with Gasteiger partial charge in [-0.15, -0.1) is 0 Å². The van der Waals surface area contributed by atoms with Gasteiger partial charge in [-0.25, -0.2) is 13.1 Å². The number of rotatable bonds is 6. The van der Waals surface area contributed by atoms with Gasteiger partial charge in [-0.1, -0.05) is 13.8 Å². The van der Waals surface area contributed by atoms with Crippen LogP contribution in [-0.2, 0) is 10.0 Å². The molecule has 0 aliphatic rings. The topological polar surface area (TPSA) is 73.2 Å². The highest BCUT2D eigenvalue weighted by Crippen LogP contribution is 2.14. The van der Waals surface area contributed by atoms with E-state index in [1.807, 2.05) is 32.8 Å². The first-order valence-corrected chi connectivity index (χ1v) is 6.33. The third-order valence-electron chi connectivity index (χ3n) is 1.77. The van der Waals surface area contributed by atoms with Crippen LogP contribution in [0.4, 0.5) is 0 Å². The molecule has 5 nitrogen and oxygen atoms in total. The van der Waals surface area contributed by atoms with Crippen molar-refractivity contribution in [3.8, 4) is 6.07 Å². The van der Waals surface area contributed by atoms with E-state index in [0.29, 0.717) is 6.54 Å². The molecule has 0 radical (unpaired) electrons. The van der Waals surface area contributed by atoms with Crippen LogP contribution in [0.25, 0.3) is 0 Å². The highest BCUT2D eigenvalue weighted by Gasteiger charge is 2.21. The summed E-state index contributed by atoms with van der Waals surface area (Å²) in [5.74, 6) is -0.481. The largest absolute Gasteiger partial charge is 0.309 e. The Kier molecular flexibility index (Phi) is 5.21. The SMILES string of the molecule is CN(C)CC(C)(C)CNS(=O)(=O)CC#N. The van der Waals surface area contributed by atoms with E-state index in [2.05, 4.69) is 4.72 Å². The van der Waals surface area contributed by atoms with Crippen LogP contribution >= 0.6 is 0 Å². The molecule has 0 bridgehead atoms. The number of hydrogen-bond donors (Lipinski definition) is 1. The molecule has 0 aromatic rings. The van der Waals surface area contributed by atoms with Gasteiger partial charge in [0.15, 0.2) is 5.75 Å². The van der Waals surface area contributed by atoms with Crippen molar-refractivity contribution in [2.75, 3.05) is 32.9 Å². The van der Waals surface area contributed by atoms with E-state index in [9.17, 15) is 8.42 Å². The van der Waals surface area contributed by atoms with E-state index in [1.54, 1.807) is 6.07 Å². The second kappa shape index (κ2) is 5.45. The van der Waals surface area contributed by atoms with Crippen LogP contribution in [0, 0.1) is 16.7 Å². The third-order valence-corrected chi connectivity index (χ3v) is 2.86. The number of sulfonamides is 1. The van der Waals surface area contributed by atoms with Gasteiger partial charge >= 0.3 is 0 Å². The Balaban J connectivity index is 4.21. The van der Waals surface area contributed by atoms with Crippen molar-refractivity contribution >= 4 is 10.0 Å². The van der Waals surface area contributed by atoms with Gasteiger partial charge in [-0.2, -0.15) is 5.26 Å². The molecule has 88 valence electrons. The summed E-state index contributed by atoms with van der Waals surface area (Å²) in [6.45, 7) is 5.07. The van der Waals surface area contributed by atoms with E-state index in [-0.39, 0.29) is 5.41 Å². The van der Waals surface area contributed by atoms with Crippen molar-refractivity contribution in [3.05, 3.63) is 0 Å². The van der Waals surface area contributed by atoms with Crippen LogP contribution in [0.3, 0.4) is 0 Å². The first-order valence-electron chi connectivity index (χ1n) is 4.67. The Morgan fingerprint density at radius 2 is 1.93 bits per heavy atom. The maximum Gasteiger partial charge on any atom is 0.225 e. The lowest BCUT2D eigenvalue weighted by Gasteiger charge is -2.28. The average molecular weight is 233 g/mol. The fourth-order valence-corrected chi connectivity index (χ4v) is 2.24. The van der Waals surface area contributed by atoms with Gasteiger partial charge in [0.1, 0.15) is 0 Å². The summed E-state index contributed by atoms with van der Waals surface area (Å²) in [5.41, 5.74) is -0.147. The molecular formula is C9H19N3O2S. The molecule has 0 aromatic heterocycles. The highest BCUT2D eigenvalue weighted by molar-refractivity contribution is 7.89. The lowest BCUT2D eigenvalue weighted by Crippen LogP contribution is -2.40. The normalized spacial score (nSPS) is 12.8. The van der Waals surface area contributed by atoms with E-state index in [1.165, 1.54) is 0 Å². The summed E-state index contributed by atoms with van der Waals surface area (Å²) in [4.78, 5) is 2.00. The molecule has 0 aromatic carbocycles. The number of nitrogens with one attached hydrogen (secondary N) is 1. The van der Waals surface area contributed by atoms with E-state index < -0.39 is 15.8 Å². The molecule has 0 heterocycles. The Labute approximate surface area is 92.1 Å². The minimum absolute atomic E-state index is 0.147. The first kappa shape index (κ1) is 14.4. The minimum Gasteiger partial charge on any atom is -0.309 e. The summed E-state index contributed by atoms with van der Waals surface area (Å²) in [6, 6.07) is 1.62. The molecule has 1 N–H and O–H groups in total. The van der Waals surface area contributed by atoms with E-state index >= 15 is 0 Å². The van der Waals surface area contributed by atoms with Crippen molar-refractivity contribution in [1.82, 2.24) is 9.62 Å². The lowest BCUT2D eigenvalue weighted by atomic mass is 9.93. The molecule has 0 aliphatic carbocycles. The van der Waals surface area contributed by atoms with Gasteiger partial charge < -0.3 is 4.90 Å². The molecule has 0 rings (SSSR count). The zero-order chi connectivity index (χ0) is 12.1. The number of nitriles is 1. The summed E-state index contributed by atoms with van der Waals surface area (Å²) >= 11 is 0. The smallest absolute Gasteiger partial charge is 0.225 e. The lowest BCUT2D eigenvalue weighted by molar-refractivity contribution is 0.242. The molecule has 0 aliphatic heterocycles. The monoisotopic (exact) mass is 233 g/mol. The average Bonchev–Trinajstić information content (AvgIpc) is 1.99. The van der Waals surface area contributed by atoms with Crippen LogP contribution in [-0.4, -0.2) is 46.3 Å². The highest BCUT2D eigenvalue weighted by atomic mass is 32.2. The Morgan fingerprint density at radius 3 is 2.33 bits per heavy atom. The predicted molar refractivity (Wildman–Crippen MR) is 59.7 cm³/mol. The van der Waals surface area contributed by atoms with Crippen molar-refractivity contribution in [3.63, 3.8) is 0 Å². The molecule has 15 heavy (non-hydrogen) atoms. The third kappa shape index (κ3) is 7.31. The van der Waals surface area contributed by atoms with Crippen LogP contribution < -0.4 is 4.72 Å². The van der Waals surface area contributed by atoms with Crippen LogP contribution in [0.15, 0.2) is 0 Å². The second-order valence-electron chi connectivity index (χ2n) is 4.64. The molecular weight excluding hydrogens is 214 g/mol. The fraction of sp³-hybridized carbons (Fsp3) is 0.889. The molecule has 0 unspecified atom stereocenters. The Morgan fingerprint density at radius 1 is 1.40 bits per heavy atom. The quantitative estimate of drug-likeness (QED) is 0.702. The first-order chi connectivity index (χ1) is 6.68. The Hall–Kier alpha value is -0.640. The van der Waals surface area contributed by atoms with Crippen LogP contribution in [0.1, 0.15) is 13.8 Å². The zero-order valence-electron chi connectivity index (χ0n) is 9.74. The minimum atomic E-state index is -3.43. The summed E-state index contributed by atoms with van der Waals surface area (Å²) in [7, 11) is 0.442. The van der Waals surface area contributed by atoms with Crippen molar-refractivity contribution < 1.29 is 8.42 Å². The Bertz CT molecular complexity index is 328. The maximum atomic E-state index is 11.2. The van der Waals surface area contributed by atoms with E-state index in [0.717, 1.165) is 6.54 Å². The van der Waals surface area contributed by atoms with Crippen molar-refractivity contribution in [2.45, 2.75) is 13.8 Å². The summed E-state index contributed by atoms with van der Waals surface area (Å²) in [6.07, 6.45) is 0. The standard InChI is InChI=1S/C9H19N3O2S/c1-9(2,8-12(3)4)7-11-15(13,14)6-5-10/h11H,6-8H2,1-4H3. The predicted octanol–water partition coefficient (Wildman–Crippen LogP) is 0.0172. The van der Waals surface area contributed by atoms with Gasteiger partial charge in [-0.3, -0.25) is 0 Å². The summed E-state index contributed by atoms with van der Waals surface area (Å²) in [5, 5.41) is 8.30. The molecule has 0 fully saturated rings. The molecule has 0 amide bonds. The molecule has 0 saturated heterocycles. The number of nitrogens with zero attached hydrogens (tertiary/aromatic N) is 2. The maximum absolute atomic E-state index is 11.2. The van der Waals surface area contributed by atoms with Gasteiger partial charge in [0.25, 0.3) is 0 Å². The van der Waals surface area contributed by atoms with Crippen molar-refractivity contribution in [1.29, 1.82) is 5.26 Å². The molecule has 0 saturated carbocycles. The van der Waals surface area contributed by atoms with Crippen LogP contribution in [0.5, 0.6) is 0 Å². The second-order valence-corrected chi connectivity index (χ2v) is 6.45. The van der Waals surface area contributed by atoms with Gasteiger partial charge in [0.05, 0.1) is 6.07 Å². The van der Waals surface area contributed by atoms with E-state index in [4.69, 9.17) is 5.26 Å². The van der Waals surface area contributed by atoms with Gasteiger partial charge in [0.2, 0.25) is 10.0 Å². The molecule has 6 heteroatoms. The summed E-state index contributed by atoms with van der Waals surface area (Å²) < 4.78 is 24.9. The zero-order valence-corrected chi connectivity index (χ0v) is 10.6. The van der Waals surface area contributed by atoms with Gasteiger partial charge in [-0.05, 0) is 19.5 Å². The molecule has 0 spiro atoms. The fourth-order valence-electron chi connectivity index (χ4n) is 1.35. The van der Waals surface area contributed by atoms with Crippen LogP contribution in [0.2, 0.25) is 0 Å². The number of hydrogen-bond acceptors (Lipinski definition) is 4. The van der Waals surface area contributed by atoms with Crippen molar-refractivity contribution in [2.24, 2.45) is 5.41 Å². The molecule has 0 atom stereocenters.